The predicted molar refractivity (Wildman–Crippen MR) is 91.5 cm³/mol. The number of nitrogens with zero attached hydrogens (tertiary/aromatic N) is 3. The topological polar surface area (TPSA) is 47.4 Å². The average Bonchev–Trinajstić information content (AvgIpc) is 2.93. The summed E-state index contributed by atoms with van der Waals surface area (Å²) in [5.41, 5.74) is 3.87. The van der Waals surface area contributed by atoms with Crippen LogP contribution in [0.4, 0.5) is 5.69 Å². The number of carbonyl (C=O) groups is 1. The lowest BCUT2D eigenvalue weighted by Gasteiger charge is -2.13. The number of fused-ring (bicyclic) bond motifs is 1. The van der Waals surface area contributed by atoms with Crippen molar-refractivity contribution in [2.45, 2.75) is 6.54 Å². The van der Waals surface area contributed by atoms with E-state index in [1.807, 2.05) is 72.1 Å². The largest absolute Gasteiger partial charge is 0.468 e. The molecule has 118 valence electrons. The first kappa shape index (κ1) is 15.1. The number of esters is 1. The number of methoxy groups -OCH3 is 1. The molecule has 0 saturated heterocycles. The van der Waals surface area contributed by atoms with Gasteiger partial charge in [-0.05, 0) is 36.4 Å². The van der Waals surface area contributed by atoms with Crippen molar-refractivity contribution in [2.24, 2.45) is 0 Å². The molecule has 1 heterocycles. The minimum absolute atomic E-state index is 0.141. The van der Waals surface area contributed by atoms with Crippen molar-refractivity contribution in [2.75, 3.05) is 26.1 Å². The van der Waals surface area contributed by atoms with Crippen molar-refractivity contribution in [3.05, 3.63) is 48.5 Å². The molecule has 0 saturated carbocycles. The van der Waals surface area contributed by atoms with Crippen molar-refractivity contribution in [3.8, 4) is 11.4 Å². The lowest BCUT2D eigenvalue weighted by atomic mass is 10.2. The first-order chi connectivity index (χ1) is 11.1. The molecular weight excluding hydrogens is 290 g/mol. The summed E-state index contributed by atoms with van der Waals surface area (Å²) in [6.07, 6.45) is 0. The summed E-state index contributed by atoms with van der Waals surface area (Å²) < 4.78 is 6.71. The first-order valence-corrected chi connectivity index (χ1v) is 7.40. The van der Waals surface area contributed by atoms with Gasteiger partial charge in [0.2, 0.25) is 0 Å². The van der Waals surface area contributed by atoms with Gasteiger partial charge in [-0.15, -0.1) is 0 Å². The van der Waals surface area contributed by atoms with E-state index in [1.54, 1.807) is 0 Å². The Bertz CT molecular complexity index is 835. The number of aromatic nitrogens is 2. The van der Waals surface area contributed by atoms with E-state index in [0.29, 0.717) is 0 Å². The minimum Gasteiger partial charge on any atom is -0.468 e. The molecule has 5 heteroatoms. The number of para-hydroxylation sites is 2. The Morgan fingerprint density at radius 2 is 1.83 bits per heavy atom. The molecule has 0 unspecified atom stereocenters. The zero-order valence-electron chi connectivity index (χ0n) is 13.5. The molecule has 2 aromatic carbocycles. The fourth-order valence-corrected chi connectivity index (χ4v) is 2.56. The van der Waals surface area contributed by atoms with Gasteiger partial charge < -0.3 is 14.2 Å². The van der Waals surface area contributed by atoms with Crippen molar-refractivity contribution < 1.29 is 9.53 Å². The Labute approximate surface area is 135 Å². The van der Waals surface area contributed by atoms with Crippen molar-refractivity contribution in [1.29, 1.82) is 0 Å². The van der Waals surface area contributed by atoms with Gasteiger partial charge in [0.05, 0.1) is 18.1 Å². The maximum Gasteiger partial charge on any atom is 0.325 e. The molecule has 0 aliphatic carbocycles. The van der Waals surface area contributed by atoms with Crippen LogP contribution in [0.2, 0.25) is 0 Å². The summed E-state index contributed by atoms with van der Waals surface area (Å²) in [4.78, 5) is 18.5. The standard InChI is InChI=1S/C18H19N3O2/c1-20(2)14-10-8-13(9-11-14)18-19-15-6-4-5-7-16(15)21(18)12-17(22)23-3/h4-11H,12H2,1-3H3. The second-order valence-corrected chi connectivity index (χ2v) is 5.53. The third-order valence-electron chi connectivity index (χ3n) is 3.81. The summed E-state index contributed by atoms with van der Waals surface area (Å²) in [6.45, 7) is 0.141. The third kappa shape index (κ3) is 2.90. The van der Waals surface area contributed by atoms with Gasteiger partial charge in [-0.1, -0.05) is 12.1 Å². The molecular formula is C18H19N3O2. The van der Waals surface area contributed by atoms with Crippen LogP contribution >= 0.6 is 0 Å². The number of hydrogen-bond acceptors (Lipinski definition) is 4. The van der Waals surface area contributed by atoms with E-state index < -0.39 is 0 Å². The lowest BCUT2D eigenvalue weighted by Crippen LogP contribution is -2.12. The summed E-state index contributed by atoms with van der Waals surface area (Å²) >= 11 is 0. The highest BCUT2D eigenvalue weighted by Gasteiger charge is 2.15. The molecule has 3 aromatic rings. The van der Waals surface area contributed by atoms with E-state index in [0.717, 1.165) is 28.1 Å². The maximum absolute atomic E-state index is 11.8. The van der Waals surface area contributed by atoms with Gasteiger partial charge in [-0.25, -0.2) is 4.98 Å². The number of carbonyl (C=O) groups excluding carboxylic acids is 1. The molecule has 0 radical (unpaired) electrons. The summed E-state index contributed by atoms with van der Waals surface area (Å²) in [5, 5.41) is 0. The third-order valence-corrected chi connectivity index (χ3v) is 3.81. The number of hydrogen-bond donors (Lipinski definition) is 0. The SMILES string of the molecule is COC(=O)Cn1c(-c2ccc(N(C)C)cc2)nc2ccccc21. The van der Waals surface area contributed by atoms with Crippen LogP contribution in [0.25, 0.3) is 22.4 Å². The molecule has 0 aliphatic rings. The lowest BCUT2D eigenvalue weighted by molar-refractivity contribution is -0.141. The fraction of sp³-hybridized carbons (Fsp3) is 0.222. The molecule has 0 atom stereocenters. The Balaban J connectivity index is 2.11. The Morgan fingerprint density at radius 3 is 2.48 bits per heavy atom. The van der Waals surface area contributed by atoms with Crippen LogP contribution in [0, 0.1) is 0 Å². The zero-order valence-corrected chi connectivity index (χ0v) is 13.5. The van der Waals surface area contributed by atoms with E-state index in [4.69, 9.17) is 4.74 Å². The average molecular weight is 309 g/mol. The second-order valence-electron chi connectivity index (χ2n) is 5.53. The normalized spacial score (nSPS) is 10.7. The number of ether oxygens (including phenoxy) is 1. The van der Waals surface area contributed by atoms with Crippen LogP contribution in [-0.2, 0) is 16.1 Å². The van der Waals surface area contributed by atoms with E-state index in [1.165, 1.54) is 7.11 Å². The van der Waals surface area contributed by atoms with Crippen molar-refractivity contribution in [1.82, 2.24) is 9.55 Å². The molecule has 0 amide bonds. The highest BCUT2D eigenvalue weighted by molar-refractivity contribution is 5.83. The summed E-state index contributed by atoms with van der Waals surface area (Å²) in [6, 6.07) is 15.9. The van der Waals surface area contributed by atoms with Crippen LogP contribution in [0.3, 0.4) is 0 Å². The number of rotatable bonds is 4. The van der Waals surface area contributed by atoms with Crippen LogP contribution in [-0.4, -0.2) is 36.7 Å². The number of benzene rings is 2. The molecule has 0 spiro atoms. The first-order valence-electron chi connectivity index (χ1n) is 7.40. The van der Waals surface area contributed by atoms with Gasteiger partial charge in [0, 0.05) is 25.3 Å². The molecule has 0 N–H and O–H groups in total. The monoisotopic (exact) mass is 309 g/mol. The van der Waals surface area contributed by atoms with Gasteiger partial charge in [0.15, 0.2) is 0 Å². The molecule has 0 bridgehead atoms. The van der Waals surface area contributed by atoms with E-state index in [9.17, 15) is 4.79 Å². The van der Waals surface area contributed by atoms with Crippen LogP contribution in [0.5, 0.6) is 0 Å². The van der Waals surface area contributed by atoms with Crippen LogP contribution < -0.4 is 4.90 Å². The molecule has 1 aromatic heterocycles. The fourth-order valence-electron chi connectivity index (χ4n) is 2.56. The Hall–Kier alpha value is -2.82. The van der Waals surface area contributed by atoms with Crippen LogP contribution in [0.1, 0.15) is 0 Å². The molecule has 0 fully saturated rings. The van der Waals surface area contributed by atoms with Crippen LogP contribution in [0.15, 0.2) is 48.5 Å². The van der Waals surface area contributed by atoms with Gasteiger partial charge in [-0.3, -0.25) is 4.79 Å². The molecule has 0 aliphatic heterocycles. The Kier molecular flexibility index (Phi) is 4.02. The van der Waals surface area contributed by atoms with E-state index in [2.05, 4.69) is 4.98 Å². The van der Waals surface area contributed by atoms with Gasteiger partial charge in [-0.2, -0.15) is 0 Å². The molecule has 5 nitrogen and oxygen atoms in total. The van der Waals surface area contributed by atoms with Crippen molar-refractivity contribution >= 4 is 22.7 Å². The smallest absolute Gasteiger partial charge is 0.325 e. The molecule has 23 heavy (non-hydrogen) atoms. The highest BCUT2D eigenvalue weighted by Crippen LogP contribution is 2.26. The molecule has 3 rings (SSSR count). The number of imidazole rings is 1. The van der Waals surface area contributed by atoms with Crippen molar-refractivity contribution in [3.63, 3.8) is 0 Å². The van der Waals surface area contributed by atoms with Gasteiger partial charge >= 0.3 is 5.97 Å². The Morgan fingerprint density at radius 1 is 1.13 bits per heavy atom. The maximum atomic E-state index is 11.8. The second kappa shape index (κ2) is 6.12. The minimum atomic E-state index is -0.292. The number of anilines is 1. The van der Waals surface area contributed by atoms with E-state index >= 15 is 0 Å². The predicted octanol–water partition coefficient (Wildman–Crippen LogP) is 2.94. The highest BCUT2D eigenvalue weighted by atomic mass is 16.5. The van der Waals surface area contributed by atoms with E-state index in [-0.39, 0.29) is 12.5 Å². The van der Waals surface area contributed by atoms with Gasteiger partial charge in [0.1, 0.15) is 12.4 Å². The summed E-state index contributed by atoms with van der Waals surface area (Å²) in [5.74, 6) is 0.473. The van der Waals surface area contributed by atoms with Gasteiger partial charge in [0.25, 0.3) is 0 Å². The zero-order chi connectivity index (χ0) is 16.4. The quantitative estimate of drug-likeness (QED) is 0.695. The summed E-state index contributed by atoms with van der Waals surface area (Å²) in [7, 11) is 5.40.